The Labute approximate surface area is 104 Å². The van der Waals surface area contributed by atoms with E-state index in [1.54, 1.807) is 12.1 Å². The molecule has 3 rings (SSSR count). The zero-order valence-electron chi connectivity index (χ0n) is 9.65. The van der Waals surface area contributed by atoms with E-state index >= 15 is 0 Å². The molecular formula is C14H11N3O. The van der Waals surface area contributed by atoms with Crippen LogP contribution in [0.5, 0.6) is 0 Å². The van der Waals surface area contributed by atoms with Crippen molar-refractivity contribution in [3.8, 4) is 0 Å². The van der Waals surface area contributed by atoms with Gasteiger partial charge in [0.05, 0.1) is 0 Å². The maximum Gasteiger partial charge on any atom is 0.161 e. The van der Waals surface area contributed by atoms with Crippen LogP contribution in [0.25, 0.3) is 5.65 Å². The SMILES string of the molecule is O=Cc1ccn2c(Cc3ccccc3)nnc2c1. The first-order valence-corrected chi connectivity index (χ1v) is 5.69. The van der Waals surface area contributed by atoms with E-state index in [0.29, 0.717) is 11.2 Å². The molecule has 0 radical (unpaired) electrons. The molecule has 0 aliphatic heterocycles. The average molecular weight is 237 g/mol. The van der Waals surface area contributed by atoms with E-state index in [9.17, 15) is 4.79 Å². The summed E-state index contributed by atoms with van der Waals surface area (Å²) in [4.78, 5) is 10.7. The molecule has 0 aliphatic carbocycles. The minimum Gasteiger partial charge on any atom is -0.298 e. The lowest BCUT2D eigenvalue weighted by Gasteiger charge is -2.00. The summed E-state index contributed by atoms with van der Waals surface area (Å²) in [5, 5.41) is 8.24. The number of nitrogens with zero attached hydrogens (tertiary/aromatic N) is 3. The van der Waals surface area contributed by atoms with Crippen LogP contribution in [0, 0.1) is 0 Å². The second-order valence-corrected chi connectivity index (χ2v) is 4.08. The van der Waals surface area contributed by atoms with Gasteiger partial charge in [0.15, 0.2) is 5.65 Å². The summed E-state index contributed by atoms with van der Waals surface area (Å²) in [6, 6.07) is 13.6. The average Bonchev–Trinajstić information content (AvgIpc) is 2.82. The zero-order valence-corrected chi connectivity index (χ0v) is 9.65. The van der Waals surface area contributed by atoms with Crippen LogP contribution in [0.1, 0.15) is 21.7 Å². The largest absolute Gasteiger partial charge is 0.298 e. The molecule has 0 atom stereocenters. The van der Waals surface area contributed by atoms with Crippen LogP contribution in [-0.4, -0.2) is 20.9 Å². The predicted molar refractivity (Wildman–Crippen MR) is 67.6 cm³/mol. The van der Waals surface area contributed by atoms with Crippen molar-refractivity contribution in [2.24, 2.45) is 0 Å². The summed E-state index contributed by atoms with van der Waals surface area (Å²) in [5.41, 5.74) is 2.50. The van der Waals surface area contributed by atoms with Crippen LogP contribution in [0.2, 0.25) is 0 Å². The van der Waals surface area contributed by atoms with Gasteiger partial charge in [0, 0.05) is 18.2 Å². The number of benzene rings is 1. The molecule has 4 nitrogen and oxygen atoms in total. The summed E-state index contributed by atoms with van der Waals surface area (Å²) in [7, 11) is 0. The molecular weight excluding hydrogens is 226 g/mol. The first-order chi connectivity index (χ1) is 8.86. The standard InChI is InChI=1S/C14H11N3O/c18-10-12-6-7-17-13(15-16-14(17)9-12)8-11-4-2-1-3-5-11/h1-7,9-10H,8H2. The number of aromatic nitrogens is 3. The molecule has 18 heavy (non-hydrogen) atoms. The highest BCUT2D eigenvalue weighted by molar-refractivity contribution is 5.76. The third kappa shape index (κ3) is 1.88. The maximum absolute atomic E-state index is 10.7. The molecule has 0 fully saturated rings. The summed E-state index contributed by atoms with van der Waals surface area (Å²) in [5.74, 6) is 0.869. The Kier molecular flexibility index (Phi) is 2.61. The molecule has 4 heteroatoms. The first-order valence-electron chi connectivity index (χ1n) is 5.69. The normalized spacial score (nSPS) is 10.7. The number of carbonyl (C=O) groups is 1. The second-order valence-electron chi connectivity index (χ2n) is 4.08. The number of rotatable bonds is 3. The monoisotopic (exact) mass is 237 g/mol. The molecule has 0 aliphatic rings. The lowest BCUT2D eigenvalue weighted by molar-refractivity contribution is 0.112. The first kappa shape index (κ1) is 10.7. The summed E-state index contributed by atoms with van der Waals surface area (Å²) < 4.78 is 1.90. The van der Waals surface area contributed by atoms with Crippen molar-refractivity contribution in [2.45, 2.75) is 6.42 Å². The molecule has 2 heterocycles. The molecule has 3 aromatic rings. The zero-order chi connectivity index (χ0) is 12.4. The van der Waals surface area contributed by atoms with E-state index in [1.165, 1.54) is 5.56 Å². The van der Waals surface area contributed by atoms with Crippen LogP contribution in [0.15, 0.2) is 48.7 Å². The van der Waals surface area contributed by atoms with E-state index in [0.717, 1.165) is 18.5 Å². The Balaban J connectivity index is 2.00. The van der Waals surface area contributed by atoms with Crippen LogP contribution < -0.4 is 0 Å². The third-order valence-corrected chi connectivity index (χ3v) is 2.85. The summed E-state index contributed by atoms with van der Waals surface area (Å²) in [6.45, 7) is 0. The smallest absolute Gasteiger partial charge is 0.161 e. The number of aldehydes is 1. The molecule has 0 saturated heterocycles. The van der Waals surface area contributed by atoms with Crippen LogP contribution in [0.4, 0.5) is 0 Å². The highest BCUT2D eigenvalue weighted by Gasteiger charge is 2.06. The topological polar surface area (TPSA) is 47.3 Å². The van der Waals surface area contributed by atoms with Gasteiger partial charge in [-0.1, -0.05) is 30.3 Å². The van der Waals surface area contributed by atoms with Gasteiger partial charge in [0.25, 0.3) is 0 Å². The van der Waals surface area contributed by atoms with Gasteiger partial charge in [-0.15, -0.1) is 10.2 Å². The lowest BCUT2D eigenvalue weighted by Crippen LogP contribution is -1.96. The summed E-state index contributed by atoms with van der Waals surface area (Å²) in [6.07, 6.45) is 3.37. The van der Waals surface area contributed by atoms with Crippen molar-refractivity contribution in [1.29, 1.82) is 0 Å². The lowest BCUT2D eigenvalue weighted by atomic mass is 10.1. The number of hydrogen-bond acceptors (Lipinski definition) is 3. The fourth-order valence-electron chi connectivity index (χ4n) is 1.93. The molecule has 0 spiro atoms. The molecule has 0 saturated carbocycles. The molecule has 0 unspecified atom stereocenters. The van der Waals surface area contributed by atoms with Gasteiger partial charge in [-0.3, -0.25) is 9.20 Å². The van der Waals surface area contributed by atoms with E-state index in [-0.39, 0.29) is 0 Å². The molecule has 2 aromatic heterocycles. The van der Waals surface area contributed by atoms with Gasteiger partial charge < -0.3 is 0 Å². The Morgan fingerprint density at radius 2 is 1.94 bits per heavy atom. The molecule has 0 N–H and O–H groups in total. The van der Waals surface area contributed by atoms with Crippen LogP contribution in [0.3, 0.4) is 0 Å². The van der Waals surface area contributed by atoms with Crippen molar-refractivity contribution in [1.82, 2.24) is 14.6 Å². The van der Waals surface area contributed by atoms with E-state index in [4.69, 9.17) is 0 Å². The summed E-state index contributed by atoms with van der Waals surface area (Å²) >= 11 is 0. The number of fused-ring (bicyclic) bond motifs is 1. The molecule has 1 aromatic carbocycles. The number of carbonyl (C=O) groups excluding carboxylic acids is 1. The fraction of sp³-hybridized carbons (Fsp3) is 0.0714. The fourth-order valence-corrected chi connectivity index (χ4v) is 1.93. The van der Waals surface area contributed by atoms with Crippen molar-refractivity contribution in [3.05, 3.63) is 65.6 Å². The molecule has 0 amide bonds. The minimum absolute atomic E-state index is 0.612. The van der Waals surface area contributed by atoms with Crippen molar-refractivity contribution in [3.63, 3.8) is 0 Å². The van der Waals surface area contributed by atoms with Crippen molar-refractivity contribution >= 4 is 11.9 Å². The van der Waals surface area contributed by atoms with E-state index in [2.05, 4.69) is 22.3 Å². The van der Waals surface area contributed by atoms with Gasteiger partial charge in [0.1, 0.15) is 12.1 Å². The minimum atomic E-state index is 0.612. The van der Waals surface area contributed by atoms with Crippen molar-refractivity contribution < 1.29 is 4.79 Å². The van der Waals surface area contributed by atoms with Gasteiger partial charge >= 0.3 is 0 Å². The second kappa shape index (κ2) is 4.41. The Bertz CT molecular complexity index is 689. The van der Waals surface area contributed by atoms with E-state index in [1.807, 2.05) is 28.8 Å². The van der Waals surface area contributed by atoms with Crippen LogP contribution >= 0.6 is 0 Å². The molecule has 0 bridgehead atoms. The molecule has 88 valence electrons. The highest BCUT2D eigenvalue weighted by Crippen LogP contribution is 2.10. The predicted octanol–water partition coefficient (Wildman–Crippen LogP) is 2.13. The van der Waals surface area contributed by atoms with Gasteiger partial charge in [0.2, 0.25) is 0 Å². The Hall–Kier alpha value is -2.49. The van der Waals surface area contributed by atoms with Gasteiger partial charge in [-0.2, -0.15) is 0 Å². The highest BCUT2D eigenvalue weighted by atomic mass is 16.1. The van der Waals surface area contributed by atoms with Crippen LogP contribution in [-0.2, 0) is 6.42 Å². The Morgan fingerprint density at radius 3 is 2.72 bits per heavy atom. The maximum atomic E-state index is 10.7. The van der Waals surface area contributed by atoms with Gasteiger partial charge in [-0.05, 0) is 17.7 Å². The number of pyridine rings is 1. The number of hydrogen-bond donors (Lipinski definition) is 0. The quantitative estimate of drug-likeness (QED) is 0.656. The van der Waals surface area contributed by atoms with E-state index < -0.39 is 0 Å². The van der Waals surface area contributed by atoms with Gasteiger partial charge in [-0.25, -0.2) is 0 Å². The Morgan fingerprint density at radius 1 is 1.11 bits per heavy atom. The van der Waals surface area contributed by atoms with Crippen molar-refractivity contribution in [2.75, 3.05) is 0 Å². The third-order valence-electron chi connectivity index (χ3n) is 2.85.